The minimum absolute atomic E-state index is 0.122. The van der Waals surface area contributed by atoms with Gasteiger partial charge in [-0.15, -0.1) is 23.2 Å². The van der Waals surface area contributed by atoms with Crippen LogP contribution in [0.2, 0.25) is 0 Å². The number of allylic oxidation sites excluding steroid dienone is 4. The largest absolute Gasteiger partial charge is 0.243 e. The zero-order valence-electron chi connectivity index (χ0n) is 15.9. The molecule has 0 heterocycles. The second kappa shape index (κ2) is 5.74. The summed E-state index contributed by atoms with van der Waals surface area (Å²) in [5.74, 6) is 1.97. The van der Waals surface area contributed by atoms with E-state index in [0.717, 1.165) is 18.4 Å². The van der Waals surface area contributed by atoms with Crippen LogP contribution in [-0.4, -0.2) is 16.4 Å². The average molecular weight is 385 g/mol. The van der Waals surface area contributed by atoms with E-state index in [-0.39, 0.29) is 16.7 Å². The lowest BCUT2D eigenvalue weighted by Crippen LogP contribution is -2.66. The highest BCUT2D eigenvalue weighted by atomic mass is 35.5. The molecule has 3 fully saturated rings. The van der Waals surface area contributed by atoms with Crippen LogP contribution in [0.3, 0.4) is 0 Å². The Bertz CT molecular complexity index is 628. The first-order valence-electron chi connectivity index (χ1n) is 10.1. The molecule has 0 unspecified atom stereocenters. The molecule has 4 rings (SSSR count). The van der Waals surface area contributed by atoms with E-state index >= 15 is 4.39 Å². The first-order valence-corrected chi connectivity index (χ1v) is 10.9. The van der Waals surface area contributed by atoms with Crippen LogP contribution >= 0.6 is 23.2 Å². The van der Waals surface area contributed by atoms with Gasteiger partial charge in [-0.2, -0.15) is 0 Å². The van der Waals surface area contributed by atoms with Crippen LogP contribution in [0.5, 0.6) is 0 Å². The Balaban J connectivity index is 1.84. The summed E-state index contributed by atoms with van der Waals surface area (Å²) in [6.07, 6.45) is 10.2. The Morgan fingerprint density at radius 1 is 1.24 bits per heavy atom. The molecule has 4 aliphatic rings. The molecule has 0 aromatic carbocycles. The van der Waals surface area contributed by atoms with Crippen molar-refractivity contribution < 1.29 is 4.39 Å². The van der Waals surface area contributed by atoms with Crippen molar-refractivity contribution in [1.82, 2.24) is 0 Å². The smallest absolute Gasteiger partial charge is 0.122 e. The van der Waals surface area contributed by atoms with Gasteiger partial charge in [0.25, 0.3) is 0 Å². The standard InChI is InChI=1S/C22H31Cl2F/c1-5-14-13(2)10-16-17-11-18(25)15-8-6-7-9-21(15,4)22(17,24)19(23)12-20(14,16)3/h7-9,13-14,16-19H,5-6,10-12H2,1-4H3/t13-,14+,16+,17+,18+,19+,20-,21+,22+/m1/s1. The zero-order valence-corrected chi connectivity index (χ0v) is 17.4. The molecule has 0 nitrogen and oxygen atoms in total. The molecule has 9 atom stereocenters. The second-order valence-corrected chi connectivity index (χ2v) is 10.7. The van der Waals surface area contributed by atoms with Crippen molar-refractivity contribution in [2.75, 3.05) is 0 Å². The Morgan fingerprint density at radius 2 is 1.96 bits per heavy atom. The Hall–Kier alpha value is -0.0100. The summed E-state index contributed by atoms with van der Waals surface area (Å²) >= 11 is 14.6. The molecule has 0 radical (unpaired) electrons. The van der Waals surface area contributed by atoms with Crippen LogP contribution in [0.15, 0.2) is 23.8 Å². The van der Waals surface area contributed by atoms with Crippen molar-refractivity contribution in [3.8, 4) is 0 Å². The number of hydrogen-bond acceptors (Lipinski definition) is 0. The van der Waals surface area contributed by atoms with Gasteiger partial charge in [-0.05, 0) is 60.3 Å². The normalized spacial score (nSPS) is 57.5. The molecule has 0 saturated heterocycles. The van der Waals surface area contributed by atoms with Gasteiger partial charge < -0.3 is 0 Å². The maximum absolute atomic E-state index is 15.3. The molecular formula is C22H31Cl2F. The predicted molar refractivity (Wildman–Crippen MR) is 105 cm³/mol. The van der Waals surface area contributed by atoms with E-state index in [9.17, 15) is 0 Å². The minimum atomic E-state index is -0.881. The summed E-state index contributed by atoms with van der Waals surface area (Å²) in [5.41, 5.74) is 0.615. The second-order valence-electron chi connectivity index (χ2n) is 9.59. The number of halogens is 3. The topological polar surface area (TPSA) is 0 Å². The molecule has 140 valence electrons. The number of alkyl halides is 3. The lowest BCUT2D eigenvalue weighted by atomic mass is 9.46. The van der Waals surface area contributed by atoms with Gasteiger partial charge in [0.15, 0.2) is 0 Å². The van der Waals surface area contributed by atoms with Crippen molar-refractivity contribution in [3.05, 3.63) is 23.8 Å². The number of hydrogen-bond donors (Lipinski definition) is 0. The lowest BCUT2D eigenvalue weighted by molar-refractivity contribution is -0.0314. The average Bonchev–Trinajstić information content (AvgIpc) is 2.80. The van der Waals surface area contributed by atoms with Gasteiger partial charge in [0, 0.05) is 5.41 Å². The van der Waals surface area contributed by atoms with Crippen LogP contribution in [-0.2, 0) is 0 Å². The monoisotopic (exact) mass is 384 g/mol. The molecule has 0 aliphatic heterocycles. The van der Waals surface area contributed by atoms with Crippen LogP contribution in [0.4, 0.5) is 4.39 Å². The van der Waals surface area contributed by atoms with Gasteiger partial charge in [0.05, 0.1) is 10.3 Å². The van der Waals surface area contributed by atoms with Crippen molar-refractivity contribution in [2.24, 2.45) is 34.5 Å². The van der Waals surface area contributed by atoms with E-state index in [1.54, 1.807) is 0 Å². The fourth-order valence-corrected chi connectivity index (χ4v) is 8.83. The van der Waals surface area contributed by atoms with E-state index < -0.39 is 16.5 Å². The molecule has 0 bridgehead atoms. The van der Waals surface area contributed by atoms with Gasteiger partial charge in [-0.3, -0.25) is 0 Å². The summed E-state index contributed by atoms with van der Waals surface area (Å²) < 4.78 is 15.3. The van der Waals surface area contributed by atoms with Gasteiger partial charge >= 0.3 is 0 Å². The third-order valence-electron chi connectivity index (χ3n) is 8.67. The minimum Gasteiger partial charge on any atom is -0.243 e. The molecule has 25 heavy (non-hydrogen) atoms. The van der Waals surface area contributed by atoms with Crippen molar-refractivity contribution in [3.63, 3.8) is 0 Å². The first-order chi connectivity index (χ1) is 11.7. The predicted octanol–water partition coefficient (Wildman–Crippen LogP) is 6.91. The van der Waals surface area contributed by atoms with Crippen LogP contribution in [0.1, 0.15) is 59.8 Å². The fourth-order valence-electron chi connectivity index (χ4n) is 7.62. The Kier molecular flexibility index (Phi) is 4.22. The highest BCUT2D eigenvalue weighted by molar-refractivity contribution is 6.33. The quantitative estimate of drug-likeness (QED) is 0.340. The van der Waals surface area contributed by atoms with Crippen molar-refractivity contribution >= 4 is 23.2 Å². The SMILES string of the molecule is CC[C@H]1[C@H](C)C[C@H]2[C@@H]3C[C@H](F)C4=CCC=C[C@]4(C)[C@@]3(Cl)[C@@H](Cl)C[C@]12C. The molecule has 3 heteroatoms. The zero-order chi connectivity index (χ0) is 18.2. The number of rotatable bonds is 1. The molecule has 0 N–H and O–H groups in total. The van der Waals surface area contributed by atoms with Crippen molar-refractivity contribution in [1.29, 1.82) is 0 Å². The summed E-state index contributed by atoms with van der Waals surface area (Å²) in [7, 11) is 0. The van der Waals surface area contributed by atoms with E-state index in [1.807, 2.05) is 0 Å². The molecule has 0 aromatic heterocycles. The third kappa shape index (κ3) is 2.12. The van der Waals surface area contributed by atoms with E-state index in [4.69, 9.17) is 23.2 Å². The van der Waals surface area contributed by atoms with Crippen LogP contribution < -0.4 is 0 Å². The fraction of sp³-hybridized carbons (Fsp3) is 0.818. The first kappa shape index (κ1) is 18.4. The van der Waals surface area contributed by atoms with E-state index in [1.165, 1.54) is 12.8 Å². The van der Waals surface area contributed by atoms with Gasteiger partial charge in [0.1, 0.15) is 6.17 Å². The van der Waals surface area contributed by atoms with Gasteiger partial charge in [0.2, 0.25) is 0 Å². The highest BCUT2D eigenvalue weighted by Gasteiger charge is 2.70. The maximum Gasteiger partial charge on any atom is 0.122 e. The maximum atomic E-state index is 15.3. The summed E-state index contributed by atoms with van der Waals surface area (Å²) in [6.45, 7) is 9.22. The van der Waals surface area contributed by atoms with Crippen LogP contribution in [0.25, 0.3) is 0 Å². The van der Waals surface area contributed by atoms with E-state index in [0.29, 0.717) is 24.2 Å². The molecule has 0 spiro atoms. The summed E-state index contributed by atoms with van der Waals surface area (Å²) in [6, 6.07) is 0. The highest BCUT2D eigenvalue weighted by Crippen LogP contribution is 2.71. The van der Waals surface area contributed by atoms with Crippen LogP contribution in [0, 0.1) is 34.5 Å². The lowest BCUT2D eigenvalue weighted by Gasteiger charge is -2.64. The summed E-state index contributed by atoms with van der Waals surface area (Å²) in [4.78, 5) is -0.577. The molecule has 4 aliphatic carbocycles. The van der Waals surface area contributed by atoms with Crippen molar-refractivity contribution in [2.45, 2.75) is 76.2 Å². The third-order valence-corrected chi connectivity index (χ3v) is 10.2. The van der Waals surface area contributed by atoms with Gasteiger partial charge in [-0.25, -0.2) is 4.39 Å². The molecule has 0 aromatic rings. The molecule has 3 saturated carbocycles. The van der Waals surface area contributed by atoms with E-state index in [2.05, 4.69) is 45.9 Å². The summed E-state index contributed by atoms with van der Waals surface area (Å²) in [5, 5.41) is -0.122. The molecular weight excluding hydrogens is 354 g/mol. The Morgan fingerprint density at radius 3 is 2.64 bits per heavy atom. The number of fused-ring (bicyclic) bond motifs is 5. The Labute approximate surface area is 162 Å². The molecule has 0 amide bonds. The van der Waals surface area contributed by atoms with Gasteiger partial charge in [-0.1, -0.05) is 52.3 Å².